The van der Waals surface area contributed by atoms with Crippen molar-refractivity contribution >= 4 is 33.2 Å². The number of rotatable bonds is 4. The summed E-state index contributed by atoms with van der Waals surface area (Å²) in [5.74, 6) is 0.822. The Morgan fingerprint density at radius 3 is 2.81 bits per heavy atom. The summed E-state index contributed by atoms with van der Waals surface area (Å²) in [6.07, 6.45) is 2.28. The van der Waals surface area contributed by atoms with Gasteiger partial charge in [-0.05, 0) is 34.7 Å². The molecule has 0 amide bonds. The molecule has 0 aliphatic heterocycles. The SMILES string of the molecule is O=[N+]([O-])c1cc(Cl)c(Br)cc1OCC1CC1. The van der Waals surface area contributed by atoms with Gasteiger partial charge in [0.25, 0.3) is 0 Å². The minimum atomic E-state index is -0.486. The molecule has 0 saturated heterocycles. The van der Waals surface area contributed by atoms with Gasteiger partial charge < -0.3 is 4.74 Å². The molecule has 4 nitrogen and oxygen atoms in total. The van der Waals surface area contributed by atoms with Crippen molar-refractivity contribution in [3.05, 3.63) is 31.7 Å². The Kier molecular flexibility index (Phi) is 3.35. The first kappa shape index (κ1) is 11.7. The van der Waals surface area contributed by atoms with Crippen molar-refractivity contribution in [1.29, 1.82) is 0 Å². The second-order valence-electron chi connectivity index (χ2n) is 3.75. The first-order valence-electron chi connectivity index (χ1n) is 4.84. The molecule has 1 saturated carbocycles. The average molecular weight is 307 g/mol. The molecule has 0 heterocycles. The number of hydrogen-bond donors (Lipinski definition) is 0. The van der Waals surface area contributed by atoms with Crippen LogP contribution < -0.4 is 4.74 Å². The zero-order chi connectivity index (χ0) is 11.7. The van der Waals surface area contributed by atoms with Gasteiger partial charge in [-0.25, -0.2) is 0 Å². The number of nitro benzene ring substituents is 1. The quantitative estimate of drug-likeness (QED) is 0.628. The molecule has 1 aliphatic rings. The molecule has 0 atom stereocenters. The molecule has 6 heteroatoms. The maximum atomic E-state index is 10.8. The van der Waals surface area contributed by atoms with Gasteiger partial charge in [0, 0.05) is 16.6 Å². The summed E-state index contributed by atoms with van der Waals surface area (Å²) >= 11 is 9.02. The highest BCUT2D eigenvalue weighted by Crippen LogP contribution is 2.37. The van der Waals surface area contributed by atoms with Gasteiger partial charge in [-0.1, -0.05) is 11.6 Å². The second kappa shape index (κ2) is 4.59. The highest BCUT2D eigenvalue weighted by atomic mass is 79.9. The van der Waals surface area contributed by atoms with Crippen LogP contribution in [0.25, 0.3) is 0 Å². The van der Waals surface area contributed by atoms with Gasteiger partial charge in [0.1, 0.15) is 0 Å². The van der Waals surface area contributed by atoms with E-state index >= 15 is 0 Å². The van der Waals surface area contributed by atoms with Crippen molar-refractivity contribution < 1.29 is 9.66 Å². The minimum absolute atomic E-state index is 0.0890. The number of ether oxygens (including phenoxy) is 1. The van der Waals surface area contributed by atoms with Crippen LogP contribution in [0.1, 0.15) is 12.8 Å². The molecule has 0 aromatic heterocycles. The van der Waals surface area contributed by atoms with Gasteiger partial charge in [0.05, 0.1) is 16.6 Å². The van der Waals surface area contributed by atoms with Crippen molar-refractivity contribution in [2.75, 3.05) is 6.61 Å². The van der Waals surface area contributed by atoms with Gasteiger partial charge in [0.15, 0.2) is 5.75 Å². The molecule has 16 heavy (non-hydrogen) atoms. The lowest BCUT2D eigenvalue weighted by atomic mass is 10.3. The molecule has 0 unspecified atom stereocenters. The van der Waals surface area contributed by atoms with E-state index in [4.69, 9.17) is 16.3 Å². The van der Waals surface area contributed by atoms with Crippen molar-refractivity contribution in [2.45, 2.75) is 12.8 Å². The zero-order valence-electron chi connectivity index (χ0n) is 8.28. The third-order valence-electron chi connectivity index (χ3n) is 2.37. The Balaban J connectivity index is 2.24. The summed E-state index contributed by atoms with van der Waals surface area (Å²) in [6.45, 7) is 0.537. The van der Waals surface area contributed by atoms with E-state index in [1.54, 1.807) is 6.07 Å². The molecule has 1 fully saturated rings. The monoisotopic (exact) mass is 305 g/mol. The molecule has 0 spiro atoms. The van der Waals surface area contributed by atoms with Gasteiger partial charge in [0.2, 0.25) is 0 Å². The average Bonchev–Trinajstić information content (AvgIpc) is 3.02. The zero-order valence-corrected chi connectivity index (χ0v) is 10.6. The largest absolute Gasteiger partial charge is 0.486 e. The fraction of sp³-hybridized carbons (Fsp3) is 0.400. The van der Waals surface area contributed by atoms with Crippen LogP contribution in [0.15, 0.2) is 16.6 Å². The fourth-order valence-corrected chi connectivity index (χ4v) is 1.75. The van der Waals surface area contributed by atoms with Crippen LogP contribution in [-0.2, 0) is 0 Å². The number of nitro groups is 1. The summed E-state index contributed by atoms with van der Waals surface area (Å²) in [4.78, 5) is 10.3. The summed E-state index contributed by atoms with van der Waals surface area (Å²) in [6, 6.07) is 2.84. The smallest absolute Gasteiger partial charge is 0.312 e. The molecule has 86 valence electrons. The molecule has 0 N–H and O–H groups in total. The highest BCUT2D eigenvalue weighted by molar-refractivity contribution is 9.10. The lowest BCUT2D eigenvalue weighted by Crippen LogP contribution is -2.02. The molecular weight excluding hydrogens is 297 g/mol. The molecule has 0 bridgehead atoms. The maximum absolute atomic E-state index is 10.8. The molecular formula is C10H9BrClNO3. The van der Waals surface area contributed by atoms with Gasteiger partial charge in [-0.15, -0.1) is 0 Å². The molecule has 0 radical (unpaired) electrons. The van der Waals surface area contributed by atoms with Crippen molar-refractivity contribution in [3.8, 4) is 5.75 Å². The number of halogens is 2. The van der Waals surface area contributed by atoms with Gasteiger partial charge in [-0.2, -0.15) is 0 Å². The third kappa shape index (κ3) is 2.65. The van der Waals surface area contributed by atoms with Crippen LogP contribution >= 0.6 is 27.5 Å². The van der Waals surface area contributed by atoms with E-state index in [0.29, 0.717) is 22.0 Å². The number of nitrogens with zero attached hydrogens (tertiary/aromatic N) is 1. The van der Waals surface area contributed by atoms with E-state index < -0.39 is 4.92 Å². The first-order chi connectivity index (χ1) is 7.58. The standard InChI is InChI=1S/C10H9BrClNO3/c11-7-3-10(16-5-6-1-2-6)9(13(14)15)4-8(7)12/h3-4,6H,1-2,5H2. The summed E-state index contributed by atoms with van der Waals surface area (Å²) in [7, 11) is 0. The Morgan fingerprint density at radius 2 is 2.25 bits per heavy atom. The van der Waals surface area contributed by atoms with Crippen molar-refractivity contribution in [3.63, 3.8) is 0 Å². The predicted molar refractivity (Wildman–Crippen MR) is 64.0 cm³/mol. The molecule has 2 rings (SSSR count). The van der Waals surface area contributed by atoms with E-state index in [2.05, 4.69) is 15.9 Å². The topological polar surface area (TPSA) is 52.4 Å². The first-order valence-corrected chi connectivity index (χ1v) is 6.01. The van der Waals surface area contributed by atoms with Gasteiger partial charge in [-0.3, -0.25) is 10.1 Å². The minimum Gasteiger partial charge on any atom is -0.486 e. The summed E-state index contributed by atoms with van der Waals surface area (Å²) < 4.78 is 6.03. The van der Waals surface area contributed by atoms with E-state index in [0.717, 1.165) is 12.8 Å². The van der Waals surface area contributed by atoms with Crippen molar-refractivity contribution in [1.82, 2.24) is 0 Å². The Morgan fingerprint density at radius 1 is 1.56 bits per heavy atom. The molecule has 1 aromatic rings. The molecule has 1 aliphatic carbocycles. The van der Waals surface area contributed by atoms with E-state index in [1.165, 1.54) is 6.07 Å². The number of hydrogen-bond acceptors (Lipinski definition) is 3. The van der Waals surface area contributed by atoms with Crippen molar-refractivity contribution in [2.24, 2.45) is 5.92 Å². The summed E-state index contributed by atoms with van der Waals surface area (Å²) in [5.41, 5.74) is -0.0890. The Bertz CT molecular complexity index is 434. The fourth-order valence-electron chi connectivity index (χ4n) is 1.27. The maximum Gasteiger partial charge on any atom is 0.312 e. The molecule has 1 aromatic carbocycles. The van der Waals surface area contributed by atoms with E-state index in [9.17, 15) is 10.1 Å². The lowest BCUT2D eigenvalue weighted by Gasteiger charge is -2.07. The van der Waals surface area contributed by atoms with Crippen LogP contribution in [0, 0.1) is 16.0 Å². The predicted octanol–water partition coefficient (Wildman–Crippen LogP) is 3.80. The Hall–Kier alpha value is -0.810. The second-order valence-corrected chi connectivity index (χ2v) is 5.01. The highest BCUT2D eigenvalue weighted by Gasteiger charge is 2.24. The van der Waals surface area contributed by atoms with E-state index in [-0.39, 0.29) is 11.4 Å². The third-order valence-corrected chi connectivity index (χ3v) is 3.57. The van der Waals surface area contributed by atoms with E-state index in [1.807, 2.05) is 0 Å². The number of benzene rings is 1. The van der Waals surface area contributed by atoms with Crippen LogP contribution in [0.2, 0.25) is 5.02 Å². The van der Waals surface area contributed by atoms with Crippen LogP contribution in [0.4, 0.5) is 5.69 Å². The van der Waals surface area contributed by atoms with Crippen LogP contribution in [-0.4, -0.2) is 11.5 Å². The normalized spacial score (nSPS) is 14.9. The Labute approximate surface area is 106 Å². The van der Waals surface area contributed by atoms with Crippen LogP contribution in [0.5, 0.6) is 5.75 Å². The lowest BCUT2D eigenvalue weighted by molar-refractivity contribution is -0.385. The van der Waals surface area contributed by atoms with Crippen LogP contribution in [0.3, 0.4) is 0 Å². The summed E-state index contributed by atoms with van der Waals surface area (Å²) in [5, 5.41) is 11.1. The van der Waals surface area contributed by atoms with Gasteiger partial charge >= 0.3 is 5.69 Å².